The molecule has 1 aromatic carbocycles. The second-order valence-electron chi connectivity index (χ2n) is 3.79. The molecular weight excluding hydrogens is 222 g/mol. The van der Waals surface area contributed by atoms with Crippen LogP contribution in [0.1, 0.15) is 29.9 Å². The molecule has 0 spiro atoms. The fourth-order valence-electron chi connectivity index (χ4n) is 1.57. The molecule has 1 saturated carbocycles. The van der Waals surface area contributed by atoms with Crippen LogP contribution in [0.25, 0.3) is 0 Å². The van der Waals surface area contributed by atoms with Gasteiger partial charge < -0.3 is 10.8 Å². The molecule has 1 aliphatic carbocycles. The van der Waals surface area contributed by atoms with Gasteiger partial charge in [0.25, 0.3) is 0 Å². The van der Waals surface area contributed by atoms with Crippen molar-refractivity contribution in [3.8, 4) is 5.75 Å². The molecule has 0 heterocycles. The average molecular weight is 235 g/mol. The van der Waals surface area contributed by atoms with E-state index >= 15 is 0 Å². The molecule has 0 aromatic heterocycles. The molecule has 5 heteroatoms. The highest BCUT2D eigenvalue weighted by molar-refractivity contribution is 7.80. The normalized spacial score (nSPS) is 15.2. The molecule has 0 amide bonds. The number of hydrogen-bond donors (Lipinski definition) is 3. The number of aromatic hydroxyl groups is 1. The van der Waals surface area contributed by atoms with Gasteiger partial charge >= 0.3 is 0 Å². The number of phenolic OH excluding ortho intramolecular Hbond substituents is 1. The van der Waals surface area contributed by atoms with Crippen molar-refractivity contribution in [3.05, 3.63) is 29.3 Å². The molecule has 0 unspecified atom stereocenters. The van der Waals surface area contributed by atoms with Crippen LogP contribution in [-0.4, -0.2) is 16.4 Å². The Kier molecular flexibility index (Phi) is 3.05. The third-order valence-corrected chi connectivity index (χ3v) is 2.59. The zero-order valence-electron chi connectivity index (χ0n) is 8.68. The molecule has 16 heavy (non-hydrogen) atoms. The van der Waals surface area contributed by atoms with Crippen molar-refractivity contribution < 1.29 is 5.11 Å². The summed E-state index contributed by atoms with van der Waals surface area (Å²) < 4.78 is 0. The number of nitrogens with two attached hydrogens (primary N) is 1. The summed E-state index contributed by atoms with van der Waals surface area (Å²) in [5.74, 6) is 0.815. The number of benzene rings is 1. The Morgan fingerprint density at radius 2 is 2.31 bits per heavy atom. The number of thiocarbonyl (C=S) groups is 1. The number of rotatable bonds is 3. The maximum Gasteiger partial charge on any atom is 0.184 e. The van der Waals surface area contributed by atoms with Crippen molar-refractivity contribution in [2.24, 2.45) is 10.8 Å². The van der Waals surface area contributed by atoms with Crippen molar-refractivity contribution in [2.75, 3.05) is 0 Å². The van der Waals surface area contributed by atoms with E-state index in [4.69, 9.17) is 5.73 Å². The molecule has 4 N–H and O–H groups in total. The Morgan fingerprint density at radius 1 is 1.56 bits per heavy atom. The summed E-state index contributed by atoms with van der Waals surface area (Å²) in [5, 5.41) is 13.9. The van der Waals surface area contributed by atoms with Gasteiger partial charge in [-0.15, -0.1) is 0 Å². The SMILES string of the molecule is NC(=S)NN=Cc1cccc(C2CC2)c1O. The van der Waals surface area contributed by atoms with Gasteiger partial charge in [-0.2, -0.15) is 5.10 Å². The summed E-state index contributed by atoms with van der Waals surface area (Å²) in [6.07, 6.45) is 3.82. The number of para-hydroxylation sites is 1. The lowest BCUT2D eigenvalue weighted by Crippen LogP contribution is -2.24. The summed E-state index contributed by atoms with van der Waals surface area (Å²) in [7, 11) is 0. The van der Waals surface area contributed by atoms with E-state index in [0.717, 1.165) is 18.4 Å². The molecule has 1 aromatic rings. The van der Waals surface area contributed by atoms with Crippen molar-refractivity contribution in [1.29, 1.82) is 0 Å². The first-order valence-corrected chi connectivity index (χ1v) is 5.49. The van der Waals surface area contributed by atoms with Crippen LogP contribution < -0.4 is 11.2 Å². The second-order valence-corrected chi connectivity index (χ2v) is 4.23. The molecule has 1 fully saturated rings. The van der Waals surface area contributed by atoms with Gasteiger partial charge in [0.1, 0.15) is 5.75 Å². The zero-order valence-corrected chi connectivity index (χ0v) is 9.50. The van der Waals surface area contributed by atoms with Crippen LogP contribution in [0.2, 0.25) is 0 Å². The standard InChI is InChI=1S/C11H13N3OS/c12-11(16)14-13-6-8-2-1-3-9(10(8)15)7-4-5-7/h1-3,6-7,15H,4-5H2,(H3,12,14,16). The molecule has 84 valence electrons. The monoisotopic (exact) mass is 235 g/mol. The second kappa shape index (κ2) is 4.49. The minimum absolute atomic E-state index is 0.106. The molecule has 0 bridgehead atoms. The van der Waals surface area contributed by atoms with Gasteiger partial charge in [-0.05, 0) is 42.6 Å². The van der Waals surface area contributed by atoms with Crippen molar-refractivity contribution in [2.45, 2.75) is 18.8 Å². The van der Waals surface area contributed by atoms with E-state index in [9.17, 15) is 5.11 Å². The summed E-state index contributed by atoms with van der Waals surface area (Å²) in [6, 6.07) is 5.66. The summed E-state index contributed by atoms with van der Waals surface area (Å²) in [5.41, 5.74) is 9.35. The number of phenols is 1. The quantitative estimate of drug-likeness (QED) is 0.421. The first-order valence-electron chi connectivity index (χ1n) is 5.09. The van der Waals surface area contributed by atoms with Gasteiger partial charge in [0.15, 0.2) is 5.11 Å². The first kappa shape index (κ1) is 10.9. The Balaban J connectivity index is 2.17. The molecular formula is C11H13N3OS. The van der Waals surface area contributed by atoms with Crippen molar-refractivity contribution >= 4 is 23.5 Å². The van der Waals surface area contributed by atoms with Gasteiger partial charge in [-0.25, -0.2) is 0 Å². The van der Waals surface area contributed by atoms with Crippen molar-refractivity contribution in [1.82, 2.24) is 5.43 Å². The third-order valence-electron chi connectivity index (χ3n) is 2.49. The smallest absolute Gasteiger partial charge is 0.184 e. The van der Waals surface area contributed by atoms with Crippen LogP contribution in [-0.2, 0) is 0 Å². The van der Waals surface area contributed by atoms with E-state index in [0.29, 0.717) is 17.2 Å². The fourth-order valence-corrected chi connectivity index (χ4v) is 1.63. The first-order chi connectivity index (χ1) is 7.68. The molecule has 0 radical (unpaired) electrons. The van der Waals surface area contributed by atoms with Crippen LogP contribution in [0.3, 0.4) is 0 Å². The molecule has 0 saturated heterocycles. The van der Waals surface area contributed by atoms with Crippen LogP contribution in [0.5, 0.6) is 5.75 Å². The van der Waals surface area contributed by atoms with Crippen LogP contribution in [0.4, 0.5) is 0 Å². The zero-order chi connectivity index (χ0) is 11.5. The van der Waals surface area contributed by atoms with Crippen LogP contribution in [0.15, 0.2) is 23.3 Å². The van der Waals surface area contributed by atoms with Gasteiger partial charge in [-0.1, -0.05) is 12.1 Å². The van der Waals surface area contributed by atoms with E-state index in [1.807, 2.05) is 12.1 Å². The Labute approximate surface area is 99.2 Å². The number of nitrogens with one attached hydrogen (secondary N) is 1. The minimum Gasteiger partial charge on any atom is -0.507 e. The Hall–Kier alpha value is -1.62. The largest absolute Gasteiger partial charge is 0.507 e. The fraction of sp³-hybridized carbons (Fsp3) is 0.273. The highest BCUT2D eigenvalue weighted by Crippen LogP contribution is 2.44. The summed E-state index contributed by atoms with van der Waals surface area (Å²) in [6.45, 7) is 0. The lowest BCUT2D eigenvalue weighted by Gasteiger charge is -2.05. The number of hydrogen-bond acceptors (Lipinski definition) is 3. The Bertz CT molecular complexity index is 441. The summed E-state index contributed by atoms with van der Waals surface area (Å²) >= 11 is 4.61. The van der Waals surface area contributed by atoms with Crippen molar-refractivity contribution in [3.63, 3.8) is 0 Å². The van der Waals surface area contributed by atoms with Crippen LogP contribution in [0, 0.1) is 0 Å². The van der Waals surface area contributed by atoms with E-state index in [2.05, 4.69) is 22.7 Å². The third kappa shape index (κ3) is 2.49. The number of hydrazone groups is 1. The van der Waals surface area contributed by atoms with Gasteiger partial charge in [0.2, 0.25) is 0 Å². The van der Waals surface area contributed by atoms with E-state index in [1.165, 1.54) is 6.21 Å². The number of nitrogens with zero attached hydrogens (tertiary/aromatic N) is 1. The van der Waals surface area contributed by atoms with Gasteiger partial charge in [-0.3, -0.25) is 5.43 Å². The molecule has 2 rings (SSSR count). The van der Waals surface area contributed by atoms with E-state index < -0.39 is 0 Å². The molecule has 0 atom stereocenters. The van der Waals surface area contributed by atoms with E-state index in [1.54, 1.807) is 6.07 Å². The highest BCUT2D eigenvalue weighted by Gasteiger charge is 2.26. The lowest BCUT2D eigenvalue weighted by molar-refractivity contribution is 0.467. The van der Waals surface area contributed by atoms with Crippen LogP contribution >= 0.6 is 12.2 Å². The average Bonchev–Trinajstić information content (AvgIpc) is 3.04. The molecule has 4 nitrogen and oxygen atoms in total. The summed E-state index contributed by atoms with van der Waals surface area (Å²) in [4.78, 5) is 0. The maximum absolute atomic E-state index is 9.98. The molecule has 0 aliphatic heterocycles. The molecule has 1 aliphatic rings. The predicted molar refractivity (Wildman–Crippen MR) is 67.6 cm³/mol. The minimum atomic E-state index is 0.106. The van der Waals surface area contributed by atoms with E-state index in [-0.39, 0.29) is 5.11 Å². The topological polar surface area (TPSA) is 70.6 Å². The highest BCUT2D eigenvalue weighted by atomic mass is 32.1. The van der Waals surface area contributed by atoms with Gasteiger partial charge in [0.05, 0.1) is 6.21 Å². The lowest BCUT2D eigenvalue weighted by atomic mass is 10.1. The van der Waals surface area contributed by atoms with Gasteiger partial charge in [0, 0.05) is 5.56 Å². The maximum atomic E-state index is 9.98. The predicted octanol–water partition coefficient (Wildman–Crippen LogP) is 1.44. The Morgan fingerprint density at radius 3 is 2.94 bits per heavy atom.